The molecule has 3 aromatic heterocycles. The third kappa shape index (κ3) is 4.86. The zero-order valence-electron chi connectivity index (χ0n) is 31.0. The van der Waals surface area contributed by atoms with Crippen LogP contribution in [0.25, 0.3) is 87.8 Å². The van der Waals surface area contributed by atoms with Gasteiger partial charge in [0.05, 0.1) is 27.6 Å². The van der Waals surface area contributed by atoms with Gasteiger partial charge in [-0.3, -0.25) is 0 Å². The van der Waals surface area contributed by atoms with Gasteiger partial charge < -0.3 is 13.9 Å². The molecule has 0 unspecified atom stereocenters. The molecule has 0 spiro atoms. The molecule has 57 heavy (non-hydrogen) atoms. The maximum atomic E-state index is 2.45. The van der Waals surface area contributed by atoms with E-state index in [1.807, 2.05) is 0 Å². The van der Waals surface area contributed by atoms with Crippen LogP contribution in [0.1, 0.15) is 0 Å². The molecule has 0 fully saturated rings. The van der Waals surface area contributed by atoms with E-state index in [0.717, 1.165) is 22.7 Å². The van der Waals surface area contributed by atoms with E-state index in [4.69, 9.17) is 0 Å². The number of anilines is 3. The van der Waals surface area contributed by atoms with Crippen LogP contribution in [0, 0.1) is 0 Å². The highest BCUT2D eigenvalue weighted by Crippen LogP contribution is 2.43. The Labute approximate surface area is 329 Å². The van der Waals surface area contributed by atoms with Gasteiger partial charge in [-0.05, 0) is 95.1 Å². The molecule has 0 radical (unpaired) electrons. The third-order valence-electron chi connectivity index (χ3n) is 11.9. The lowest BCUT2D eigenvalue weighted by Crippen LogP contribution is -2.10. The zero-order chi connectivity index (χ0) is 37.5. The Bertz CT molecular complexity index is 3370. The molecule has 0 bridgehead atoms. The SMILES string of the molecule is c1ccc(-c2ccc(-c3ccc(N(c4ccc(-n5c6ccccc6c6ccccc65)cc4)c4ccc5c(c4)c4cccc6c7ccccc7n5c64)cc3)cc2)cc1. The fourth-order valence-corrected chi connectivity index (χ4v) is 9.25. The maximum absolute atomic E-state index is 2.45. The van der Waals surface area contributed by atoms with Crippen molar-refractivity contribution in [1.82, 2.24) is 8.97 Å². The van der Waals surface area contributed by atoms with Crippen LogP contribution < -0.4 is 4.90 Å². The van der Waals surface area contributed by atoms with Crippen molar-refractivity contribution in [2.75, 3.05) is 4.90 Å². The van der Waals surface area contributed by atoms with Crippen molar-refractivity contribution in [3.05, 3.63) is 212 Å². The summed E-state index contributed by atoms with van der Waals surface area (Å²) in [4.78, 5) is 2.39. The summed E-state index contributed by atoms with van der Waals surface area (Å²) in [6.45, 7) is 0. The van der Waals surface area contributed by atoms with Gasteiger partial charge in [-0.25, -0.2) is 0 Å². The number of rotatable bonds is 6. The number of fused-ring (bicyclic) bond motifs is 9. The van der Waals surface area contributed by atoms with Gasteiger partial charge in [0, 0.05) is 55.1 Å². The number of hydrogen-bond donors (Lipinski definition) is 0. The van der Waals surface area contributed by atoms with E-state index in [-0.39, 0.29) is 0 Å². The van der Waals surface area contributed by atoms with Crippen LogP contribution in [0.4, 0.5) is 17.1 Å². The van der Waals surface area contributed by atoms with Gasteiger partial charge in [0.15, 0.2) is 0 Å². The highest BCUT2D eigenvalue weighted by atomic mass is 15.1. The number of hydrogen-bond acceptors (Lipinski definition) is 1. The summed E-state index contributed by atoms with van der Waals surface area (Å²) < 4.78 is 4.83. The second-order valence-electron chi connectivity index (χ2n) is 15.0. The summed E-state index contributed by atoms with van der Waals surface area (Å²) in [5, 5.41) is 7.65. The first-order valence-electron chi connectivity index (χ1n) is 19.6. The molecule has 0 amide bonds. The number of aromatic nitrogens is 2. The monoisotopic (exact) mass is 725 g/mol. The predicted molar refractivity (Wildman–Crippen MR) is 241 cm³/mol. The molecule has 3 nitrogen and oxygen atoms in total. The summed E-state index contributed by atoms with van der Waals surface area (Å²) >= 11 is 0. The van der Waals surface area contributed by atoms with Gasteiger partial charge in [-0.15, -0.1) is 0 Å². The van der Waals surface area contributed by atoms with Crippen molar-refractivity contribution < 1.29 is 0 Å². The van der Waals surface area contributed by atoms with Gasteiger partial charge in [-0.2, -0.15) is 0 Å². The molecule has 12 aromatic rings. The van der Waals surface area contributed by atoms with E-state index in [1.165, 1.54) is 82.2 Å². The minimum Gasteiger partial charge on any atom is -0.310 e. The Morgan fingerprint density at radius 3 is 1.32 bits per heavy atom. The molecule has 3 heterocycles. The van der Waals surface area contributed by atoms with Crippen LogP contribution in [-0.2, 0) is 0 Å². The topological polar surface area (TPSA) is 12.6 Å². The van der Waals surface area contributed by atoms with E-state index >= 15 is 0 Å². The highest BCUT2D eigenvalue weighted by Gasteiger charge is 2.20. The van der Waals surface area contributed by atoms with Gasteiger partial charge in [0.2, 0.25) is 0 Å². The predicted octanol–water partition coefficient (Wildman–Crippen LogP) is 14.7. The lowest BCUT2D eigenvalue weighted by molar-refractivity contribution is 1.17. The van der Waals surface area contributed by atoms with Crippen LogP contribution in [0.5, 0.6) is 0 Å². The quantitative estimate of drug-likeness (QED) is 0.166. The fourth-order valence-electron chi connectivity index (χ4n) is 9.25. The average Bonchev–Trinajstić information content (AvgIpc) is 3.93. The van der Waals surface area contributed by atoms with Crippen LogP contribution in [-0.4, -0.2) is 8.97 Å². The Morgan fingerprint density at radius 2 is 0.702 bits per heavy atom. The lowest BCUT2D eigenvalue weighted by atomic mass is 10.00. The molecule has 12 rings (SSSR count). The minimum atomic E-state index is 1.10. The van der Waals surface area contributed by atoms with E-state index in [9.17, 15) is 0 Å². The van der Waals surface area contributed by atoms with E-state index < -0.39 is 0 Å². The second-order valence-corrected chi connectivity index (χ2v) is 15.0. The third-order valence-corrected chi connectivity index (χ3v) is 11.9. The van der Waals surface area contributed by atoms with Crippen molar-refractivity contribution >= 4 is 77.0 Å². The molecule has 0 saturated heterocycles. The molecule has 0 aliphatic rings. The van der Waals surface area contributed by atoms with E-state index in [2.05, 4.69) is 226 Å². The Hall–Kier alpha value is -7.62. The molecule has 0 N–H and O–H groups in total. The number of benzene rings is 9. The molecular weight excluding hydrogens is 691 g/mol. The second kappa shape index (κ2) is 12.5. The van der Waals surface area contributed by atoms with E-state index in [0.29, 0.717) is 0 Å². The first kappa shape index (κ1) is 31.7. The molecule has 0 aliphatic carbocycles. The molecule has 0 atom stereocenters. The molecule has 0 saturated carbocycles. The van der Waals surface area contributed by atoms with Crippen molar-refractivity contribution in [2.24, 2.45) is 0 Å². The molecule has 9 aromatic carbocycles. The molecule has 266 valence electrons. The van der Waals surface area contributed by atoms with Crippen LogP contribution in [0.2, 0.25) is 0 Å². The summed E-state index contributed by atoms with van der Waals surface area (Å²) in [6, 6.07) is 77.3. The van der Waals surface area contributed by atoms with Crippen molar-refractivity contribution in [1.29, 1.82) is 0 Å². The number of nitrogens with zero attached hydrogens (tertiary/aromatic N) is 3. The van der Waals surface area contributed by atoms with Crippen LogP contribution >= 0.6 is 0 Å². The summed E-state index contributed by atoms with van der Waals surface area (Å²) in [7, 11) is 0. The molecule has 0 aliphatic heterocycles. The lowest BCUT2D eigenvalue weighted by Gasteiger charge is -2.26. The highest BCUT2D eigenvalue weighted by molar-refractivity contribution is 6.23. The summed E-state index contributed by atoms with van der Waals surface area (Å²) in [6.07, 6.45) is 0. The van der Waals surface area contributed by atoms with Gasteiger partial charge in [-0.1, -0.05) is 140 Å². The zero-order valence-corrected chi connectivity index (χ0v) is 31.0. The Morgan fingerprint density at radius 1 is 0.281 bits per heavy atom. The first-order valence-corrected chi connectivity index (χ1v) is 19.6. The van der Waals surface area contributed by atoms with Crippen molar-refractivity contribution in [2.45, 2.75) is 0 Å². The average molecular weight is 726 g/mol. The standard InChI is InChI=1S/C54H35N3/c1-2-11-36(12-3-1)37-21-23-38(24-22-37)39-25-27-40(28-26-39)55(41-29-31-42(32-30-41)56-50-18-7-4-13-44(50)45-14-5-8-19-51(45)56)43-33-34-53-49(35-43)48-17-10-16-47-46-15-6-9-20-52(46)57(53)54(47)48/h1-35H. The van der Waals surface area contributed by atoms with Crippen LogP contribution in [0.15, 0.2) is 212 Å². The normalized spacial score (nSPS) is 11.9. The van der Waals surface area contributed by atoms with Crippen molar-refractivity contribution in [3.63, 3.8) is 0 Å². The van der Waals surface area contributed by atoms with Crippen molar-refractivity contribution in [3.8, 4) is 27.9 Å². The summed E-state index contributed by atoms with van der Waals surface area (Å²) in [5.74, 6) is 0. The van der Waals surface area contributed by atoms with Crippen LogP contribution in [0.3, 0.4) is 0 Å². The first-order chi connectivity index (χ1) is 28.3. The van der Waals surface area contributed by atoms with Gasteiger partial charge >= 0.3 is 0 Å². The largest absolute Gasteiger partial charge is 0.310 e. The smallest absolute Gasteiger partial charge is 0.0620 e. The molecule has 3 heteroatoms. The minimum absolute atomic E-state index is 1.10. The maximum Gasteiger partial charge on any atom is 0.0620 e. The Kier molecular flexibility index (Phi) is 6.93. The van der Waals surface area contributed by atoms with E-state index in [1.54, 1.807) is 0 Å². The Balaban J connectivity index is 0.997. The fraction of sp³-hybridized carbons (Fsp3) is 0. The number of para-hydroxylation sites is 4. The summed E-state index contributed by atoms with van der Waals surface area (Å²) in [5.41, 5.74) is 15.5. The van der Waals surface area contributed by atoms with Gasteiger partial charge in [0.1, 0.15) is 0 Å². The molecular formula is C54H35N3. The van der Waals surface area contributed by atoms with Gasteiger partial charge in [0.25, 0.3) is 0 Å².